The Morgan fingerprint density at radius 1 is 1.38 bits per heavy atom. The zero-order valence-corrected chi connectivity index (χ0v) is 9.39. The molecule has 0 saturated carbocycles. The van der Waals surface area contributed by atoms with E-state index in [-0.39, 0.29) is 17.9 Å². The molecular weight excluding hydrogens is 210 g/mol. The molecule has 0 aromatic heterocycles. The highest BCUT2D eigenvalue weighted by Gasteiger charge is 2.39. The second-order valence-corrected chi connectivity index (χ2v) is 4.67. The maximum absolute atomic E-state index is 12.0. The number of rotatable bonds is 2. The summed E-state index contributed by atoms with van der Waals surface area (Å²) in [6.07, 6.45) is 1.35. The lowest BCUT2D eigenvalue weighted by Crippen LogP contribution is -2.37. The number of hydrogen-bond acceptors (Lipinski definition) is 3. The van der Waals surface area contributed by atoms with Gasteiger partial charge >= 0.3 is 5.97 Å². The number of ether oxygens (including phenoxy) is 1. The highest BCUT2D eigenvalue weighted by Crippen LogP contribution is 2.25. The van der Waals surface area contributed by atoms with Crippen LogP contribution in [0.25, 0.3) is 0 Å². The number of carbonyl (C=O) groups is 2. The Morgan fingerprint density at radius 2 is 2.12 bits per heavy atom. The van der Waals surface area contributed by atoms with E-state index in [1.165, 1.54) is 0 Å². The van der Waals surface area contributed by atoms with Gasteiger partial charge in [0.2, 0.25) is 0 Å². The van der Waals surface area contributed by atoms with Gasteiger partial charge in [0.1, 0.15) is 6.10 Å². The predicted octanol–water partition coefficient (Wildman–Crippen LogP) is 0.344. The van der Waals surface area contributed by atoms with Gasteiger partial charge in [0.05, 0.1) is 5.92 Å². The van der Waals surface area contributed by atoms with Crippen molar-refractivity contribution in [1.82, 2.24) is 4.90 Å². The summed E-state index contributed by atoms with van der Waals surface area (Å²) in [4.78, 5) is 24.5. The lowest BCUT2D eigenvalue weighted by atomic mass is 9.99. The van der Waals surface area contributed by atoms with Crippen molar-refractivity contribution in [2.75, 3.05) is 19.7 Å². The molecule has 0 spiro atoms. The van der Waals surface area contributed by atoms with Crippen molar-refractivity contribution in [2.24, 2.45) is 11.8 Å². The number of carboxylic acids is 1. The van der Waals surface area contributed by atoms with Crippen molar-refractivity contribution in [3.63, 3.8) is 0 Å². The fourth-order valence-corrected chi connectivity index (χ4v) is 2.44. The Kier molecular flexibility index (Phi) is 3.14. The molecule has 2 rings (SSSR count). The van der Waals surface area contributed by atoms with Crippen LogP contribution in [0.2, 0.25) is 0 Å². The van der Waals surface area contributed by atoms with E-state index >= 15 is 0 Å². The summed E-state index contributed by atoms with van der Waals surface area (Å²) >= 11 is 0. The van der Waals surface area contributed by atoms with Gasteiger partial charge in [-0.3, -0.25) is 9.59 Å². The Morgan fingerprint density at radius 3 is 2.62 bits per heavy atom. The molecule has 0 aliphatic carbocycles. The van der Waals surface area contributed by atoms with E-state index in [4.69, 9.17) is 9.84 Å². The molecule has 2 fully saturated rings. The van der Waals surface area contributed by atoms with Crippen molar-refractivity contribution in [3.8, 4) is 0 Å². The molecule has 2 aliphatic heterocycles. The molecule has 1 amide bonds. The van der Waals surface area contributed by atoms with Crippen LogP contribution in [0, 0.1) is 11.8 Å². The van der Waals surface area contributed by atoms with Gasteiger partial charge in [0.25, 0.3) is 5.91 Å². The molecule has 0 aromatic rings. The zero-order valence-electron chi connectivity index (χ0n) is 9.39. The molecule has 0 bridgehead atoms. The van der Waals surface area contributed by atoms with Crippen molar-refractivity contribution in [3.05, 3.63) is 0 Å². The lowest BCUT2D eigenvalue weighted by Gasteiger charge is -2.19. The van der Waals surface area contributed by atoms with Gasteiger partial charge in [0.15, 0.2) is 0 Å². The number of likely N-dealkylation sites (tertiary alicyclic amines) is 1. The summed E-state index contributed by atoms with van der Waals surface area (Å²) in [6.45, 7) is 3.38. The Hall–Kier alpha value is -1.10. The second kappa shape index (κ2) is 4.41. The first-order chi connectivity index (χ1) is 7.59. The first-order valence-electron chi connectivity index (χ1n) is 5.73. The summed E-state index contributed by atoms with van der Waals surface area (Å²) < 4.78 is 5.32. The van der Waals surface area contributed by atoms with E-state index in [0.29, 0.717) is 19.7 Å². The molecule has 16 heavy (non-hydrogen) atoms. The summed E-state index contributed by atoms with van der Waals surface area (Å²) in [5, 5.41) is 8.98. The van der Waals surface area contributed by atoms with Gasteiger partial charge in [-0.15, -0.1) is 0 Å². The van der Waals surface area contributed by atoms with Crippen LogP contribution >= 0.6 is 0 Å². The molecular formula is C11H17NO4. The maximum Gasteiger partial charge on any atom is 0.308 e. The van der Waals surface area contributed by atoms with Gasteiger partial charge in [-0.2, -0.15) is 0 Å². The van der Waals surface area contributed by atoms with E-state index in [1.807, 2.05) is 6.92 Å². The van der Waals surface area contributed by atoms with E-state index < -0.39 is 11.9 Å². The fraction of sp³-hybridized carbons (Fsp3) is 0.818. The molecule has 5 heteroatoms. The minimum Gasteiger partial charge on any atom is -0.481 e. The second-order valence-electron chi connectivity index (χ2n) is 4.67. The SMILES string of the molecule is CC1CN(C(=O)[C@H]2CCCO2)CC1C(=O)O. The maximum atomic E-state index is 12.0. The van der Waals surface area contributed by atoms with Gasteiger partial charge in [0, 0.05) is 19.7 Å². The Balaban J connectivity index is 1.96. The highest BCUT2D eigenvalue weighted by molar-refractivity contribution is 5.82. The molecule has 90 valence electrons. The number of carboxylic acid groups (broad SMARTS) is 1. The van der Waals surface area contributed by atoms with Crippen LogP contribution in [0.1, 0.15) is 19.8 Å². The topological polar surface area (TPSA) is 66.8 Å². The predicted molar refractivity (Wildman–Crippen MR) is 55.8 cm³/mol. The molecule has 0 aromatic carbocycles. The average Bonchev–Trinajstić information content (AvgIpc) is 2.84. The van der Waals surface area contributed by atoms with Crippen LogP contribution in [0.5, 0.6) is 0 Å². The van der Waals surface area contributed by atoms with E-state index in [1.54, 1.807) is 4.90 Å². The molecule has 2 unspecified atom stereocenters. The molecule has 3 atom stereocenters. The summed E-state index contributed by atoms with van der Waals surface area (Å²) in [5.74, 6) is -1.24. The Bertz CT molecular complexity index is 298. The van der Waals surface area contributed by atoms with Gasteiger partial charge in [-0.25, -0.2) is 0 Å². The van der Waals surface area contributed by atoms with Crippen molar-refractivity contribution in [2.45, 2.75) is 25.9 Å². The molecule has 2 heterocycles. The summed E-state index contributed by atoms with van der Waals surface area (Å²) in [6, 6.07) is 0. The minimum atomic E-state index is -0.810. The minimum absolute atomic E-state index is 0.0304. The monoisotopic (exact) mass is 227 g/mol. The Labute approximate surface area is 94.4 Å². The molecule has 2 saturated heterocycles. The van der Waals surface area contributed by atoms with Crippen LogP contribution < -0.4 is 0 Å². The van der Waals surface area contributed by atoms with Crippen molar-refractivity contribution >= 4 is 11.9 Å². The van der Waals surface area contributed by atoms with E-state index in [2.05, 4.69) is 0 Å². The van der Waals surface area contributed by atoms with E-state index in [0.717, 1.165) is 12.8 Å². The number of nitrogens with zero attached hydrogens (tertiary/aromatic N) is 1. The van der Waals surface area contributed by atoms with Gasteiger partial charge in [-0.1, -0.05) is 6.92 Å². The molecule has 0 radical (unpaired) electrons. The number of aliphatic carboxylic acids is 1. The number of hydrogen-bond donors (Lipinski definition) is 1. The van der Waals surface area contributed by atoms with Crippen LogP contribution in [0.3, 0.4) is 0 Å². The highest BCUT2D eigenvalue weighted by atomic mass is 16.5. The average molecular weight is 227 g/mol. The molecule has 2 aliphatic rings. The quantitative estimate of drug-likeness (QED) is 0.739. The standard InChI is InChI=1S/C11H17NO4/c1-7-5-12(6-8(7)11(14)15)10(13)9-3-2-4-16-9/h7-9H,2-6H2,1H3,(H,14,15)/t7?,8?,9-/m1/s1. The first kappa shape index (κ1) is 11.4. The van der Waals surface area contributed by atoms with E-state index in [9.17, 15) is 9.59 Å². The van der Waals surface area contributed by atoms with Crippen molar-refractivity contribution < 1.29 is 19.4 Å². The fourth-order valence-electron chi connectivity index (χ4n) is 2.44. The largest absolute Gasteiger partial charge is 0.481 e. The smallest absolute Gasteiger partial charge is 0.308 e. The third-order valence-corrected chi connectivity index (χ3v) is 3.45. The van der Waals surface area contributed by atoms with Gasteiger partial charge in [-0.05, 0) is 18.8 Å². The first-order valence-corrected chi connectivity index (χ1v) is 5.73. The zero-order chi connectivity index (χ0) is 11.7. The third-order valence-electron chi connectivity index (χ3n) is 3.45. The van der Waals surface area contributed by atoms with Crippen LogP contribution in [-0.2, 0) is 14.3 Å². The number of carbonyl (C=O) groups excluding carboxylic acids is 1. The summed E-state index contributed by atoms with van der Waals surface area (Å²) in [5.41, 5.74) is 0. The molecule has 1 N–H and O–H groups in total. The third kappa shape index (κ3) is 2.04. The normalized spacial score (nSPS) is 34.3. The van der Waals surface area contributed by atoms with Crippen LogP contribution in [0.4, 0.5) is 0 Å². The van der Waals surface area contributed by atoms with Crippen LogP contribution in [0.15, 0.2) is 0 Å². The summed E-state index contributed by atoms with van der Waals surface area (Å²) in [7, 11) is 0. The van der Waals surface area contributed by atoms with Crippen LogP contribution in [-0.4, -0.2) is 47.7 Å². The lowest BCUT2D eigenvalue weighted by molar-refractivity contribution is -0.143. The number of amides is 1. The van der Waals surface area contributed by atoms with Crippen molar-refractivity contribution in [1.29, 1.82) is 0 Å². The van der Waals surface area contributed by atoms with Gasteiger partial charge < -0.3 is 14.7 Å². The molecule has 5 nitrogen and oxygen atoms in total.